The van der Waals surface area contributed by atoms with Crippen LogP contribution in [0.5, 0.6) is 11.5 Å². The maximum absolute atomic E-state index is 5.63. The zero-order valence-corrected chi connectivity index (χ0v) is 15.0. The number of halogens is 1. The minimum absolute atomic E-state index is 0.280. The Hall–Kier alpha value is -0.740. The Bertz CT molecular complexity index is 484. The summed E-state index contributed by atoms with van der Waals surface area (Å²) in [5.74, 6) is 1.78. The summed E-state index contributed by atoms with van der Waals surface area (Å²) < 4.78 is 12.0. The van der Waals surface area contributed by atoms with Crippen molar-refractivity contribution in [1.29, 1.82) is 0 Å². The van der Waals surface area contributed by atoms with E-state index in [2.05, 4.69) is 41.2 Å². The first-order valence-electron chi connectivity index (χ1n) is 7.70. The van der Waals surface area contributed by atoms with Crippen molar-refractivity contribution >= 4 is 15.9 Å². The van der Waals surface area contributed by atoms with Crippen LogP contribution in [0.1, 0.15) is 51.1 Å². The lowest BCUT2D eigenvalue weighted by Gasteiger charge is -2.36. The summed E-state index contributed by atoms with van der Waals surface area (Å²) in [4.78, 5) is 0. The van der Waals surface area contributed by atoms with E-state index in [9.17, 15) is 0 Å². The Morgan fingerprint density at radius 3 is 2.33 bits per heavy atom. The van der Waals surface area contributed by atoms with Gasteiger partial charge in [-0.25, -0.2) is 0 Å². The topological polar surface area (TPSA) is 30.5 Å². The second kappa shape index (κ2) is 7.01. The number of nitrogens with one attached hydrogen (secondary N) is 1. The molecular weight excluding hydrogens is 330 g/mol. The first-order valence-corrected chi connectivity index (χ1v) is 8.50. The highest BCUT2D eigenvalue weighted by atomic mass is 79.9. The van der Waals surface area contributed by atoms with Gasteiger partial charge in [0.25, 0.3) is 0 Å². The number of hydrogen-bond donors (Lipinski definition) is 1. The third-order valence-electron chi connectivity index (χ3n) is 4.67. The molecule has 1 aromatic carbocycles. The standard InChI is InChI=1S/C17H26BrNO2/c1-5-19-16(17(2)8-6-7-9-17)12-10-15(21-4)13(18)11-14(12)20-3/h10-11,16,19H,5-9H2,1-4H3. The molecule has 0 radical (unpaired) electrons. The maximum atomic E-state index is 5.63. The molecule has 0 bridgehead atoms. The van der Waals surface area contributed by atoms with Crippen molar-refractivity contribution in [1.82, 2.24) is 5.32 Å². The van der Waals surface area contributed by atoms with Gasteiger partial charge in [-0.1, -0.05) is 26.7 Å². The van der Waals surface area contributed by atoms with E-state index in [0.29, 0.717) is 6.04 Å². The van der Waals surface area contributed by atoms with Gasteiger partial charge >= 0.3 is 0 Å². The van der Waals surface area contributed by atoms with Crippen molar-refractivity contribution in [2.75, 3.05) is 20.8 Å². The number of methoxy groups -OCH3 is 2. The van der Waals surface area contributed by atoms with Crippen LogP contribution < -0.4 is 14.8 Å². The van der Waals surface area contributed by atoms with E-state index in [4.69, 9.17) is 9.47 Å². The lowest BCUT2D eigenvalue weighted by molar-refractivity contribution is 0.220. The van der Waals surface area contributed by atoms with Gasteiger partial charge in [0, 0.05) is 11.6 Å². The van der Waals surface area contributed by atoms with Crippen molar-refractivity contribution < 1.29 is 9.47 Å². The molecule has 1 atom stereocenters. The molecule has 2 rings (SSSR count). The molecule has 1 aliphatic rings. The maximum Gasteiger partial charge on any atom is 0.133 e. The third-order valence-corrected chi connectivity index (χ3v) is 5.29. The van der Waals surface area contributed by atoms with E-state index in [-0.39, 0.29) is 5.41 Å². The Morgan fingerprint density at radius 1 is 1.19 bits per heavy atom. The first-order chi connectivity index (χ1) is 10.1. The zero-order valence-electron chi connectivity index (χ0n) is 13.5. The summed E-state index contributed by atoms with van der Waals surface area (Å²) in [5, 5.41) is 3.68. The molecule has 0 saturated heterocycles. The van der Waals surface area contributed by atoms with E-state index in [1.165, 1.54) is 31.2 Å². The van der Waals surface area contributed by atoms with Crippen LogP contribution in [0.25, 0.3) is 0 Å². The van der Waals surface area contributed by atoms with Crippen molar-refractivity contribution in [2.45, 2.75) is 45.6 Å². The van der Waals surface area contributed by atoms with E-state index >= 15 is 0 Å². The average Bonchev–Trinajstić information content (AvgIpc) is 2.92. The summed E-state index contributed by atoms with van der Waals surface area (Å²) in [6.07, 6.45) is 5.14. The van der Waals surface area contributed by atoms with E-state index < -0.39 is 0 Å². The van der Waals surface area contributed by atoms with Gasteiger partial charge in [0.2, 0.25) is 0 Å². The van der Waals surface area contributed by atoms with Gasteiger partial charge in [-0.15, -0.1) is 0 Å². The summed E-state index contributed by atoms with van der Waals surface area (Å²) in [6, 6.07) is 4.42. The van der Waals surface area contributed by atoms with Crippen LogP contribution in [-0.4, -0.2) is 20.8 Å². The molecule has 21 heavy (non-hydrogen) atoms. The fourth-order valence-corrected chi connectivity index (χ4v) is 4.00. The molecule has 1 aromatic rings. The Labute approximate surface area is 136 Å². The Kier molecular flexibility index (Phi) is 5.55. The molecule has 0 amide bonds. The summed E-state index contributed by atoms with van der Waals surface area (Å²) in [6.45, 7) is 5.50. The SMILES string of the molecule is CCNC(c1cc(OC)c(Br)cc1OC)C1(C)CCCC1. The Balaban J connectivity index is 2.48. The van der Waals surface area contributed by atoms with Gasteiger partial charge < -0.3 is 14.8 Å². The van der Waals surface area contributed by atoms with Crippen molar-refractivity contribution in [2.24, 2.45) is 5.41 Å². The largest absolute Gasteiger partial charge is 0.496 e. The zero-order chi connectivity index (χ0) is 15.5. The van der Waals surface area contributed by atoms with Gasteiger partial charge in [0.1, 0.15) is 11.5 Å². The van der Waals surface area contributed by atoms with Gasteiger partial charge in [-0.3, -0.25) is 0 Å². The van der Waals surface area contributed by atoms with Gasteiger partial charge in [0.15, 0.2) is 0 Å². The van der Waals surface area contributed by atoms with Crippen LogP contribution in [0.15, 0.2) is 16.6 Å². The molecule has 0 spiro atoms. The number of ether oxygens (including phenoxy) is 2. The van der Waals surface area contributed by atoms with E-state index in [0.717, 1.165) is 22.5 Å². The molecule has 0 heterocycles. The monoisotopic (exact) mass is 355 g/mol. The highest BCUT2D eigenvalue weighted by Gasteiger charge is 2.39. The van der Waals surface area contributed by atoms with Crippen LogP contribution in [0.2, 0.25) is 0 Å². The van der Waals surface area contributed by atoms with Gasteiger partial charge in [-0.2, -0.15) is 0 Å². The molecule has 1 unspecified atom stereocenters. The van der Waals surface area contributed by atoms with Crippen molar-refractivity contribution in [3.05, 3.63) is 22.2 Å². The Morgan fingerprint density at radius 2 is 1.81 bits per heavy atom. The lowest BCUT2D eigenvalue weighted by atomic mass is 9.77. The fraction of sp³-hybridized carbons (Fsp3) is 0.647. The van der Waals surface area contributed by atoms with Crippen LogP contribution in [0, 0.1) is 5.41 Å². The lowest BCUT2D eigenvalue weighted by Crippen LogP contribution is -2.34. The normalized spacial score (nSPS) is 18.5. The molecule has 1 saturated carbocycles. The van der Waals surface area contributed by atoms with Crippen molar-refractivity contribution in [3.63, 3.8) is 0 Å². The van der Waals surface area contributed by atoms with E-state index in [1.54, 1.807) is 14.2 Å². The molecule has 0 aliphatic heterocycles. The minimum Gasteiger partial charge on any atom is -0.496 e. The van der Waals surface area contributed by atoms with Crippen LogP contribution >= 0.6 is 15.9 Å². The van der Waals surface area contributed by atoms with Crippen molar-refractivity contribution in [3.8, 4) is 11.5 Å². The summed E-state index contributed by atoms with van der Waals surface area (Å²) >= 11 is 3.54. The van der Waals surface area contributed by atoms with Crippen LogP contribution in [0.3, 0.4) is 0 Å². The number of benzene rings is 1. The van der Waals surface area contributed by atoms with Crippen LogP contribution in [0.4, 0.5) is 0 Å². The average molecular weight is 356 g/mol. The molecule has 118 valence electrons. The predicted octanol–water partition coefficient (Wildman–Crippen LogP) is 4.70. The molecule has 3 nitrogen and oxygen atoms in total. The molecule has 0 aromatic heterocycles. The van der Waals surface area contributed by atoms with Gasteiger partial charge in [0.05, 0.1) is 18.7 Å². The molecule has 1 aliphatic carbocycles. The summed E-state index contributed by atoms with van der Waals surface area (Å²) in [5.41, 5.74) is 1.48. The quantitative estimate of drug-likeness (QED) is 0.802. The smallest absolute Gasteiger partial charge is 0.133 e. The molecule has 1 fully saturated rings. The second-order valence-electron chi connectivity index (χ2n) is 6.08. The number of rotatable bonds is 6. The minimum atomic E-state index is 0.280. The summed E-state index contributed by atoms with van der Waals surface area (Å²) in [7, 11) is 3.44. The van der Waals surface area contributed by atoms with Gasteiger partial charge in [-0.05, 0) is 52.9 Å². The predicted molar refractivity (Wildman–Crippen MR) is 90.2 cm³/mol. The highest BCUT2D eigenvalue weighted by Crippen LogP contribution is 2.50. The third kappa shape index (κ3) is 3.37. The highest BCUT2D eigenvalue weighted by molar-refractivity contribution is 9.10. The number of hydrogen-bond acceptors (Lipinski definition) is 3. The molecular formula is C17H26BrNO2. The first kappa shape index (κ1) is 16.6. The van der Waals surface area contributed by atoms with E-state index in [1.807, 2.05) is 6.07 Å². The molecule has 4 heteroatoms. The molecule has 1 N–H and O–H groups in total. The fourth-order valence-electron chi connectivity index (χ4n) is 3.52. The second-order valence-corrected chi connectivity index (χ2v) is 6.93. The van der Waals surface area contributed by atoms with Crippen LogP contribution in [-0.2, 0) is 0 Å².